The minimum Gasteiger partial charge on any atom is -0.352 e. The van der Waals surface area contributed by atoms with Crippen LogP contribution in [0.15, 0.2) is 16.6 Å². The van der Waals surface area contributed by atoms with E-state index in [1.165, 1.54) is 10.7 Å². The van der Waals surface area contributed by atoms with Crippen LogP contribution in [0, 0.1) is 0 Å². The summed E-state index contributed by atoms with van der Waals surface area (Å²) in [6, 6.07) is 3.09. The van der Waals surface area contributed by atoms with Crippen LogP contribution >= 0.6 is 27.5 Å². The van der Waals surface area contributed by atoms with Gasteiger partial charge in [-0.1, -0.05) is 16.7 Å². The number of nitrogens with one attached hydrogen (secondary N) is 2. The zero-order valence-corrected chi connectivity index (χ0v) is 14.1. The SMILES string of the molecule is CCNC(=O)c1c(Br)ccc(C(=O)Nc2nnnn2C)c1Cl. The summed E-state index contributed by atoms with van der Waals surface area (Å²) in [6.07, 6.45) is 0. The van der Waals surface area contributed by atoms with Crippen molar-refractivity contribution < 1.29 is 9.59 Å². The number of anilines is 1. The molecule has 2 N–H and O–H groups in total. The van der Waals surface area contributed by atoms with Gasteiger partial charge in [0.25, 0.3) is 11.8 Å². The normalized spacial score (nSPS) is 10.4. The summed E-state index contributed by atoms with van der Waals surface area (Å²) in [5.74, 6) is -0.709. The van der Waals surface area contributed by atoms with E-state index in [1.54, 1.807) is 20.0 Å². The van der Waals surface area contributed by atoms with E-state index in [0.717, 1.165) is 0 Å². The molecule has 0 radical (unpaired) electrons. The molecule has 22 heavy (non-hydrogen) atoms. The van der Waals surface area contributed by atoms with Gasteiger partial charge in [-0.2, -0.15) is 0 Å². The van der Waals surface area contributed by atoms with Gasteiger partial charge in [0.15, 0.2) is 0 Å². The highest BCUT2D eigenvalue weighted by atomic mass is 79.9. The lowest BCUT2D eigenvalue weighted by atomic mass is 10.1. The Morgan fingerprint density at radius 1 is 1.36 bits per heavy atom. The van der Waals surface area contributed by atoms with Crippen molar-refractivity contribution in [2.45, 2.75) is 6.92 Å². The van der Waals surface area contributed by atoms with Crippen molar-refractivity contribution in [3.63, 3.8) is 0 Å². The number of amides is 2. The molecule has 116 valence electrons. The van der Waals surface area contributed by atoms with E-state index in [4.69, 9.17) is 11.6 Å². The van der Waals surface area contributed by atoms with E-state index < -0.39 is 5.91 Å². The molecule has 2 rings (SSSR count). The second kappa shape index (κ2) is 6.84. The Morgan fingerprint density at radius 2 is 2.09 bits per heavy atom. The number of tetrazole rings is 1. The van der Waals surface area contributed by atoms with Gasteiger partial charge >= 0.3 is 0 Å². The first-order chi connectivity index (χ1) is 10.5. The van der Waals surface area contributed by atoms with Gasteiger partial charge in [-0.05, 0) is 45.4 Å². The molecule has 8 nitrogen and oxygen atoms in total. The standard InChI is InChI=1S/C12H12BrClN6O2/c1-3-15-11(22)8-7(13)5-4-6(9(8)14)10(21)16-12-17-18-19-20(12)2/h4-5H,3H2,1-2H3,(H,15,22)(H,16,17,19,21). The number of aryl methyl sites for hydroxylation is 1. The van der Waals surface area contributed by atoms with Crippen LogP contribution in [0.1, 0.15) is 27.6 Å². The summed E-state index contributed by atoms with van der Waals surface area (Å²) in [5.41, 5.74) is 0.348. The zero-order chi connectivity index (χ0) is 16.3. The van der Waals surface area contributed by atoms with Crippen LogP contribution in [0.25, 0.3) is 0 Å². The number of benzene rings is 1. The molecular weight excluding hydrogens is 376 g/mol. The number of aromatic nitrogens is 4. The lowest BCUT2D eigenvalue weighted by molar-refractivity contribution is 0.0955. The van der Waals surface area contributed by atoms with Gasteiger partial charge in [0.05, 0.1) is 16.1 Å². The minimum atomic E-state index is -0.513. The predicted molar refractivity (Wildman–Crippen MR) is 83.9 cm³/mol. The van der Waals surface area contributed by atoms with Crippen LogP contribution in [-0.4, -0.2) is 38.6 Å². The maximum atomic E-state index is 12.3. The van der Waals surface area contributed by atoms with Crippen LogP contribution in [0.3, 0.4) is 0 Å². The van der Waals surface area contributed by atoms with Gasteiger partial charge in [-0.15, -0.1) is 0 Å². The van der Waals surface area contributed by atoms with Gasteiger partial charge in [0.2, 0.25) is 5.95 Å². The van der Waals surface area contributed by atoms with Crippen LogP contribution in [0.4, 0.5) is 5.95 Å². The number of rotatable bonds is 4. The lowest BCUT2D eigenvalue weighted by Crippen LogP contribution is -2.24. The van der Waals surface area contributed by atoms with E-state index in [0.29, 0.717) is 11.0 Å². The van der Waals surface area contributed by atoms with E-state index >= 15 is 0 Å². The Kier molecular flexibility index (Phi) is 5.09. The molecule has 1 aromatic heterocycles. The summed E-state index contributed by atoms with van der Waals surface area (Å²) < 4.78 is 1.80. The average Bonchev–Trinajstić information content (AvgIpc) is 2.84. The van der Waals surface area contributed by atoms with E-state index in [-0.39, 0.29) is 28.0 Å². The smallest absolute Gasteiger partial charge is 0.259 e. The minimum absolute atomic E-state index is 0.0490. The van der Waals surface area contributed by atoms with Crippen molar-refractivity contribution >= 4 is 45.3 Å². The maximum absolute atomic E-state index is 12.3. The van der Waals surface area contributed by atoms with Crippen molar-refractivity contribution in [2.24, 2.45) is 7.05 Å². The fourth-order valence-electron chi connectivity index (χ4n) is 1.69. The number of nitrogens with zero attached hydrogens (tertiary/aromatic N) is 4. The maximum Gasteiger partial charge on any atom is 0.259 e. The highest BCUT2D eigenvalue weighted by molar-refractivity contribution is 9.10. The molecule has 0 saturated heterocycles. The van der Waals surface area contributed by atoms with Gasteiger partial charge in [-0.25, -0.2) is 4.68 Å². The molecule has 0 aliphatic heterocycles. The van der Waals surface area contributed by atoms with Crippen LogP contribution < -0.4 is 10.6 Å². The van der Waals surface area contributed by atoms with Crippen LogP contribution in [0.2, 0.25) is 5.02 Å². The van der Waals surface area contributed by atoms with Crippen molar-refractivity contribution in [3.05, 3.63) is 32.8 Å². The fourth-order valence-corrected chi connectivity index (χ4v) is 2.65. The number of carbonyl (C=O) groups excluding carboxylic acids is 2. The van der Waals surface area contributed by atoms with E-state index in [1.807, 2.05) is 0 Å². The first-order valence-electron chi connectivity index (χ1n) is 6.25. The van der Waals surface area contributed by atoms with Crippen molar-refractivity contribution in [1.29, 1.82) is 0 Å². The van der Waals surface area contributed by atoms with E-state index in [2.05, 4.69) is 42.1 Å². The van der Waals surface area contributed by atoms with E-state index in [9.17, 15) is 9.59 Å². The third-order valence-corrected chi connectivity index (χ3v) is 3.80. The molecule has 0 spiro atoms. The summed E-state index contributed by atoms with van der Waals surface area (Å²) >= 11 is 9.47. The Morgan fingerprint density at radius 3 is 2.68 bits per heavy atom. The molecule has 0 atom stereocenters. The first-order valence-corrected chi connectivity index (χ1v) is 7.42. The number of carbonyl (C=O) groups is 2. The number of hydrogen-bond acceptors (Lipinski definition) is 5. The fraction of sp³-hybridized carbons (Fsp3) is 0.250. The number of hydrogen-bond donors (Lipinski definition) is 2. The van der Waals surface area contributed by atoms with Crippen molar-refractivity contribution in [3.8, 4) is 0 Å². The summed E-state index contributed by atoms with van der Waals surface area (Å²) in [7, 11) is 1.58. The number of halogens is 2. The van der Waals surface area contributed by atoms with Gasteiger partial charge in [-0.3, -0.25) is 14.9 Å². The van der Waals surface area contributed by atoms with Crippen LogP contribution in [-0.2, 0) is 7.05 Å². The van der Waals surface area contributed by atoms with Gasteiger partial charge in [0.1, 0.15) is 0 Å². The highest BCUT2D eigenvalue weighted by Crippen LogP contribution is 2.29. The monoisotopic (exact) mass is 386 g/mol. The molecule has 2 aromatic rings. The van der Waals surface area contributed by atoms with Crippen molar-refractivity contribution in [1.82, 2.24) is 25.5 Å². The molecule has 0 bridgehead atoms. The Hall–Kier alpha value is -2.00. The molecule has 0 saturated carbocycles. The third kappa shape index (κ3) is 3.25. The predicted octanol–water partition coefficient (Wildman–Crippen LogP) is 1.63. The van der Waals surface area contributed by atoms with Crippen molar-refractivity contribution in [2.75, 3.05) is 11.9 Å². The van der Waals surface area contributed by atoms with Gasteiger partial charge in [0, 0.05) is 18.1 Å². The Labute approximate surface area is 139 Å². The second-order valence-electron chi connectivity index (χ2n) is 4.22. The second-order valence-corrected chi connectivity index (χ2v) is 5.46. The first kappa shape index (κ1) is 16.4. The average molecular weight is 388 g/mol. The zero-order valence-electron chi connectivity index (χ0n) is 11.7. The molecule has 10 heteroatoms. The summed E-state index contributed by atoms with van der Waals surface area (Å²) in [4.78, 5) is 24.3. The highest BCUT2D eigenvalue weighted by Gasteiger charge is 2.21. The quantitative estimate of drug-likeness (QED) is 0.830. The molecular formula is C12H12BrClN6O2. The van der Waals surface area contributed by atoms with Crippen LogP contribution in [0.5, 0.6) is 0 Å². The lowest BCUT2D eigenvalue weighted by Gasteiger charge is -2.11. The molecule has 1 aromatic carbocycles. The Balaban J connectivity index is 2.36. The Bertz CT molecular complexity index is 732. The molecule has 0 unspecified atom stereocenters. The largest absolute Gasteiger partial charge is 0.352 e. The summed E-state index contributed by atoms with van der Waals surface area (Å²) in [6.45, 7) is 2.24. The topological polar surface area (TPSA) is 102 Å². The molecule has 0 aliphatic carbocycles. The molecule has 0 aliphatic rings. The molecule has 2 amide bonds. The van der Waals surface area contributed by atoms with Gasteiger partial charge < -0.3 is 5.32 Å². The summed E-state index contributed by atoms with van der Waals surface area (Å²) in [5, 5.41) is 15.9. The third-order valence-electron chi connectivity index (χ3n) is 2.75. The molecule has 1 heterocycles. The molecule has 0 fully saturated rings.